The molecule has 0 saturated carbocycles. The second-order valence-electron chi connectivity index (χ2n) is 7.25. The Morgan fingerprint density at radius 3 is 2.67 bits per heavy atom. The van der Waals surface area contributed by atoms with E-state index in [9.17, 15) is 0 Å². The van der Waals surface area contributed by atoms with Crippen molar-refractivity contribution in [2.45, 2.75) is 20.8 Å². The van der Waals surface area contributed by atoms with E-state index in [4.69, 9.17) is 0 Å². The normalized spacial score (nSPS) is 11.7. The first-order valence-corrected chi connectivity index (χ1v) is 10.5. The number of aryl methyl sites for hydroxylation is 3. The number of benzene rings is 2. The van der Waals surface area contributed by atoms with Crippen molar-refractivity contribution in [2.75, 3.05) is 5.43 Å². The Kier molecular flexibility index (Phi) is 4.52. The number of imidazole rings is 1. The lowest BCUT2D eigenvalue weighted by Gasteiger charge is -2.10. The largest absolute Gasteiger partial charge is 0.289 e. The van der Waals surface area contributed by atoms with E-state index in [-0.39, 0.29) is 0 Å². The monoisotopic (exact) mass is 412 g/mol. The predicted octanol–water partition coefficient (Wildman–Crippen LogP) is 5.38. The summed E-state index contributed by atoms with van der Waals surface area (Å²) >= 11 is 1.60. The number of nitrogens with one attached hydrogen (secondary N) is 1. The fourth-order valence-electron chi connectivity index (χ4n) is 3.51. The van der Waals surface area contributed by atoms with Crippen LogP contribution in [0, 0.1) is 20.8 Å². The maximum Gasteiger partial charge on any atom is 0.194 e. The molecule has 5 aromatic rings. The highest BCUT2D eigenvalue weighted by molar-refractivity contribution is 7.15. The molecule has 6 nitrogen and oxygen atoms in total. The molecule has 0 radical (unpaired) electrons. The maximum absolute atomic E-state index is 4.54. The van der Waals surface area contributed by atoms with Gasteiger partial charge < -0.3 is 0 Å². The quantitative estimate of drug-likeness (QED) is 0.318. The third kappa shape index (κ3) is 3.13. The number of fused-ring (bicyclic) bond motifs is 2. The Morgan fingerprint density at radius 2 is 1.83 bits per heavy atom. The summed E-state index contributed by atoms with van der Waals surface area (Å²) in [6, 6.07) is 14.5. The average molecular weight is 413 g/mol. The van der Waals surface area contributed by atoms with Gasteiger partial charge in [-0.1, -0.05) is 36.4 Å². The molecule has 0 spiro atoms. The number of hydrazone groups is 1. The van der Waals surface area contributed by atoms with Gasteiger partial charge in [0, 0.05) is 27.9 Å². The second kappa shape index (κ2) is 7.35. The van der Waals surface area contributed by atoms with Gasteiger partial charge in [-0.2, -0.15) is 5.10 Å². The molecule has 0 amide bonds. The van der Waals surface area contributed by atoms with Gasteiger partial charge in [-0.25, -0.2) is 4.98 Å². The van der Waals surface area contributed by atoms with E-state index >= 15 is 0 Å². The minimum Gasteiger partial charge on any atom is -0.289 e. The summed E-state index contributed by atoms with van der Waals surface area (Å²) < 4.78 is 2.03. The van der Waals surface area contributed by atoms with Crippen molar-refractivity contribution >= 4 is 39.1 Å². The van der Waals surface area contributed by atoms with Gasteiger partial charge in [0.1, 0.15) is 5.69 Å². The maximum atomic E-state index is 4.54. The van der Waals surface area contributed by atoms with E-state index in [0.717, 1.165) is 38.4 Å². The Hall–Kier alpha value is -3.58. The second-order valence-corrected chi connectivity index (χ2v) is 8.12. The molecule has 7 heteroatoms. The van der Waals surface area contributed by atoms with Gasteiger partial charge in [-0.3, -0.25) is 9.83 Å². The van der Waals surface area contributed by atoms with E-state index in [1.54, 1.807) is 17.6 Å². The van der Waals surface area contributed by atoms with Crippen LogP contribution in [0.2, 0.25) is 0 Å². The summed E-state index contributed by atoms with van der Waals surface area (Å²) in [5.74, 6) is 0.623. The fraction of sp³-hybridized carbons (Fsp3) is 0.130. The van der Waals surface area contributed by atoms with Gasteiger partial charge in [0.05, 0.1) is 17.6 Å². The Morgan fingerprint density at radius 1 is 1.00 bits per heavy atom. The summed E-state index contributed by atoms with van der Waals surface area (Å²) in [5, 5.41) is 17.4. The van der Waals surface area contributed by atoms with E-state index in [1.165, 1.54) is 11.1 Å². The molecule has 0 aliphatic rings. The zero-order chi connectivity index (χ0) is 20.7. The Bertz CT molecular complexity index is 1410. The number of rotatable bonds is 4. The summed E-state index contributed by atoms with van der Waals surface area (Å²) in [6.45, 7) is 6.21. The molecule has 148 valence electrons. The minimum atomic E-state index is 0.623. The third-order valence-electron chi connectivity index (χ3n) is 5.31. The molecule has 0 bridgehead atoms. The van der Waals surface area contributed by atoms with Gasteiger partial charge in [0.15, 0.2) is 10.8 Å². The average Bonchev–Trinajstić information content (AvgIpc) is 3.32. The van der Waals surface area contributed by atoms with Crippen LogP contribution in [0.15, 0.2) is 59.1 Å². The zero-order valence-corrected chi connectivity index (χ0v) is 17.7. The van der Waals surface area contributed by atoms with Crippen LogP contribution >= 0.6 is 11.3 Å². The smallest absolute Gasteiger partial charge is 0.194 e. The van der Waals surface area contributed by atoms with Crippen LogP contribution in [-0.2, 0) is 0 Å². The van der Waals surface area contributed by atoms with Gasteiger partial charge >= 0.3 is 0 Å². The first kappa shape index (κ1) is 18.4. The molecule has 5 rings (SSSR count). The lowest BCUT2D eigenvalue weighted by molar-refractivity contribution is 1.04. The number of aromatic nitrogens is 4. The van der Waals surface area contributed by atoms with Crippen LogP contribution in [0.3, 0.4) is 0 Å². The van der Waals surface area contributed by atoms with Crippen molar-refractivity contribution in [3.8, 4) is 11.3 Å². The van der Waals surface area contributed by atoms with E-state index in [0.29, 0.717) is 5.82 Å². The van der Waals surface area contributed by atoms with Crippen molar-refractivity contribution in [2.24, 2.45) is 5.10 Å². The number of nitrogens with zero attached hydrogens (tertiary/aromatic N) is 5. The number of hydrogen-bond acceptors (Lipinski definition) is 6. The molecule has 0 atom stereocenters. The van der Waals surface area contributed by atoms with E-state index in [2.05, 4.69) is 63.8 Å². The van der Waals surface area contributed by atoms with Crippen molar-refractivity contribution in [1.82, 2.24) is 19.6 Å². The van der Waals surface area contributed by atoms with Crippen LogP contribution in [0.1, 0.15) is 22.5 Å². The molecule has 0 aliphatic carbocycles. The molecule has 0 saturated heterocycles. The lowest BCUT2D eigenvalue weighted by Crippen LogP contribution is -2.00. The highest BCUT2D eigenvalue weighted by Crippen LogP contribution is 2.30. The first-order valence-electron chi connectivity index (χ1n) is 9.66. The molecular weight excluding hydrogens is 392 g/mol. The van der Waals surface area contributed by atoms with Crippen molar-refractivity contribution in [3.63, 3.8) is 0 Å². The minimum absolute atomic E-state index is 0.623. The summed E-state index contributed by atoms with van der Waals surface area (Å²) in [5.41, 5.74) is 9.38. The topological polar surface area (TPSA) is 67.5 Å². The van der Waals surface area contributed by atoms with Gasteiger partial charge in [0.2, 0.25) is 0 Å². The molecular formula is C23H20N6S. The number of thiazole rings is 1. The Balaban J connectivity index is 1.52. The van der Waals surface area contributed by atoms with Crippen molar-refractivity contribution in [3.05, 3.63) is 76.6 Å². The van der Waals surface area contributed by atoms with E-state index < -0.39 is 0 Å². The lowest BCUT2D eigenvalue weighted by atomic mass is 10.0. The molecule has 3 heterocycles. The Labute approximate surface area is 177 Å². The van der Waals surface area contributed by atoms with Crippen molar-refractivity contribution < 1.29 is 0 Å². The van der Waals surface area contributed by atoms with Crippen LogP contribution in [0.4, 0.5) is 5.82 Å². The molecule has 2 aromatic carbocycles. The molecule has 1 N–H and O–H groups in total. The molecule has 30 heavy (non-hydrogen) atoms. The first-order chi connectivity index (χ1) is 14.6. The number of hydrogen-bond donors (Lipinski definition) is 1. The zero-order valence-electron chi connectivity index (χ0n) is 16.9. The fourth-order valence-corrected chi connectivity index (χ4v) is 4.28. The van der Waals surface area contributed by atoms with Crippen LogP contribution < -0.4 is 5.43 Å². The van der Waals surface area contributed by atoms with Gasteiger partial charge in [0.25, 0.3) is 0 Å². The van der Waals surface area contributed by atoms with Crippen molar-refractivity contribution in [1.29, 1.82) is 0 Å². The highest BCUT2D eigenvalue weighted by Gasteiger charge is 2.12. The molecule has 0 aliphatic heterocycles. The SMILES string of the molecule is Cc1ccc(-c2nnc(N/N=C/c3c(C)nc4sccn34)c3ccccc23)cc1C. The highest BCUT2D eigenvalue weighted by atomic mass is 32.1. The predicted molar refractivity (Wildman–Crippen MR) is 123 cm³/mol. The summed E-state index contributed by atoms with van der Waals surface area (Å²) in [7, 11) is 0. The summed E-state index contributed by atoms with van der Waals surface area (Å²) in [6.07, 6.45) is 3.77. The molecule has 0 fully saturated rings. The van der Waals surface area contributed by atoms with Crippen LogP contribution in [0.5, 0.6) is 0 Å². The van der Waals surface area contributed by atoms with Gasteiger partial charge in [-0.05, 0) is 38.0 Å². The molecule has 0 unspecified atom stereocenters. The van der Waals surface area contributed by atoms with E-state index in [1.807, 2.05) is 41.1 Å². The molecule has 3 aromatic heterocycles. The number of anilines is 1. The van der Waals surface area contributed by atoms with Crippen LogP contribution in [0.25, 0.3) is 27.0 Å². The standard InChI is InChI=1S/C23H20N6S/c1-14-8-9-17(12-15(14)2)21-18-6-4-5-7-19(18)22(28-26-21)27-24-13-20-16(3)25-23-29(20)10-11-30-23/h4-13H,1-3H3,(H,27,28)/b24-13+. The van der Waals surface area contributed by atoms with Gasteiger partial charge in [-0.15, -0.1) is 21.5 Å². The summed E-state index contributed by atoms with van der Waals surface area (Å²) in [4.78, 5) is 5.50. The third-order valence-corrected chi connectivity index (χ3v) is 6.06. The van der Waals surface area contributed by atoms with Crippen LogP contribution in [-0.4, -0.2) is 25.8 Å².